The van der Waals surface area contributed by atoms with E-state index in [0.29, 0.717) is 23.1 Å². The molecule has 0 spiro atoms. The predicted octanol–water partition coefficient (Wildman–Crippen LogP) is 2.18. The number of carbonyl (C=O) groups excluding carboxylic acids is 1. The molecule has 1 aliphatic heterocycles. The molecule has 1 aliphatic rings. The van der Waals surface area contributed by atoms with Crippen LogP contribution in [0, 0.1) is 5.41 Å². The number of hydrogen-bond donors (Lipinski definition) is 1. The molecule has 0 aliphatic carbocycles. The Balaban J connectivity index is 2.25. The molecule has 152 valence electrons. The molecule has 28 heavy (non-hydrogen) atoms. The predicted molar refractivity (Wildman–Crippen MR) is 108 cm³/mol. The summed E-state index contributed by atoms with van der Waals surface area (Å²) in [7, 11) is 1.31. The van der Waals surface area contributed by atoms with Crippen molar-refractivity contribution in [2.75, 3.05) is 12.1 Å². The summed E-state index contributed by atoms with van der Waals surface area (Å²) < 4.78 is 6.41. The van der Waals surface area contributed by atoms with Gasteiger partial charge in [0, 0.05) is 5.92 Å². The van der Waals surface area contributed by atoms with Gasteiger partial charge in [0.15, 0.2) is 6.04 Å². The molecule has 3 rings (SSSR count). The molecule has 1 fully saturated rings. The van der Waals surface area contributed by atoms with Gasteiger partial charge in [-0.05, 0) is 24.0 Å². The quantitative estimate of drug-likeness (QED) is 0.625. The summed E-state index contributed by atoms with van der Waals surface area (Å²) in [5.74, 6) is 0.0472. The minimum atomic E-state index is -0.750. The Morgan fingerprint density at radius 1 is 1.32 bits per heavy atom. The van der Waals surface area contributed by atoms with E-state index in [9.17, 15) is 14.7 Å². The summed E-state index contributed by atoms with van der Waals surface area (Å²) in [6, 6.07) is 5.98. The van der Waals surface area contributed by atoms with Gasteiger partial charge in [0.1, 0.15) is 11.9 Å². The molecular formula is C21H29N3O4. The Labute approximate surface area is 164 Å². The molecule has 2 aromatic rings. The summed E-state index contributed by atoms with van der Waals surface area (Å²) in [6.45, 7) is 10.1. The highest BCUT2D eigenvalue weighted by Gasteiger charge is 2.59. The first-order chi connectivity index (χ1) is 13.1. The minimum Gasteiger partial charge on any atom is -0.467 e. The van der Waals surface area contributed by atoms with Gasteiger partial charge in [-0.3, -0.25) is 9.80 Å². The molecule has 1 aromatic heterocycles. The minimum absolute atomic E-state index is 0.0666. The van der Waals surface area contributed by atoms with Gasteiger partial charge in [-0.2, -0.15) is 0 Å². The van der Waals surface area contributed by atoms with E-state index in [2.05, 4.69) is 20.8 Å². The highest BCUT2D eigenvalue weighted by atomic mass is 16.5. The lowest BCUT2D eigenvalue weighted by Gasteiger charge is -2.29. The van der Waals surface area contributed by atoms with Gasteiger partial charge < -0.3 is 9.84 Å². The number of para-hydroxylation sites is 1. The summed E-state index contributed by atoms with van der Waals surface area (Å²) in [6.07, 6.45) is -0.283. The second-order valence-electron chi connectivity index (χ2n) is 8.51. The zero-order valence-corrected chi connectivity index (χ0v) is 17.3. The van der Waals surface area contributed by atoms with Crippen molar-refractivity contribution in [2.45, 2.75) is 65.1 Å². The average molecular weight is 387 g/mol. The summed E-state index contributed by atoms with van der Waals surface area (Å²) >= 11 is 0. The highest BCUT2D eigenvalue weighted by molar-refractivity contribution is 5.85. The fourth-order valence-electron chi connectivity index (χ4n) is 3.52. The number of nitrogens with zero attached hydrogens (tertiary/aromatic N) is 3. The first kappa shape index (κ1) is 20.3. The molecule has 2 heterocycles. The molecule has 0 bridgehead atoms. The lowest BCUT2D eigenvalue weighted by Crippen LogP contribution is -2.39. The maximum atomic E-state index is 13.4. The zero-order valence-electron chi connectivity index (χ0n) is 17.3. The van der Waals surface area contributed by atoms with E-state index in [0.717, 1.165) is 0 Å². The van der Waals surface area contributed by atoms with Gasteiger partial charge in [0.2, 0.25) is 0 Å². The molecule has 1 N–H and O–H groups in total. The van der Waals surface area contributed by atoms with E-state index in [1.807, 2.05) is 26.0 Å². The van der Waals surface area contributed by atoms with Crippen molar-refractivity contribution in [3.63, 3.8) is 0 Å². The van der Waals surface area contributed by atoms with E-state index in [4.69, 9.17) is 9.72 Å². The number of carbonyl (C=O) groups is 1. The van der Waals surface area contributed by atoms with E-state index in [1.54, 1.807) is 17.1 Å². The van der Waals surface area contributed by atoms with Crippen molar-refractivity contribution in [3.05, 3.63) is 40.4 Å². The van der Waals surface area contributed by atoms with Crippen LogP contribution in [0.2, 0.25) is 0 Å². The lowest BCUT2D eigenvalue weighted by molar-refractivity contribution is -0.140. The van der Waals surface area contributed by atoms with Crippen LogP contribution in [0.1, 0.15) is 52.8 Å². The van der Waals surface area contributed by atoms with E-state index >= 15 is 0 Å². The fourth-order valence-corrected chi connectivity index (χ4v) is 3.52. The highest BCUT2D eigenvalue weighted by Crippen LogP contribution is 2.37. The van der Waals surface area contributed by atoms with Crippen LogP contribution in [0.3, 0.4) is 0 Å². The first-order valence-corrected chi connectivity index (χ1v) is 9.69. The number of esters is 1. The van der Waals surface area contributed by atoms with Gasteiger partial charge in [0.05, 0.1) is 24.1 Å². The third-order valence-corrected chi connectivity index (χ3v) is 5.78. The van der Waals surface area contributed by atoms with Gasteiger partial charge in [-0.1, -0.05) is 46.8 Å². The Morgan fingerprint density at radius 3 is 2.54 bits per heavy atom. The van der Waals surface area contributed by atoms with Gasteiger partial charge in [-0.15, -0.1) is 0 Å². The third-order valence-electron chi connectivity index (χ3n) is 5.78. The zero-order chi connectivity index (χ0) is 20.8. The molecule has 1 aromatic carbocycles. The van der Waals surface area contributed by atoms with Crippen LogP contribution in [0.25, 0.3) is 10.9 Å². The van der Waals surface area contributed by atoms with Crippen LogP contribution in [-0.4, -0.2) is 46.0 Å². The average Bonchev–Trinajstić information content (AvgIpc) is 3.40. The molecule has 7 heteroatoms. The van der Waals surface area contributed by atoms with Gasteiger partial charge >= 0.3 is 5.97 Å². The molecule has 1 unspecified atom stereocenters. The van der Waals surface area contributed by atoms with Crippen molar-refractivity contribution in [2.24, 2.45) is 5.41 Å². The Hall–Kier alpha value is -2.41. The van der Waals surface area contributed by atoms with Crippen molar-refractivity contribution in [1.29, 1.82) is 0 Å². The van der Waals surface area contributed by atoms with Gasteiger partial charge in [-0.25, -0.2) is 14.5 Å². The Kier molecular flexibility index (Phi) is 5.23. The van der Waals surface area contributed by atoms with Gasteiger partial charge in [0.25, 0.3) is 5.56 Å². The number of benzene rings is 1. The largest absolute Gasteiger partial charge is 0.467 e. The van der Waals surface area contributed by atoms with E-state index < -0.39 is 24.2 Å². The number of rotatable bonds is 5. The number of aliphatic hydroxyl groups is 1. The number of methoxy groups -OCH3 is 1. The van der Waals surface area contributed by atoms with Crippen LogP contribution in [0.15, 0.2) is 29.1 Å². The Bertz CT molecular complexity index is 947. The maximum Gasteiger partial charge on any atom is 0.332 e. The monoisotopic (exact) mass is 387 g/mol. The third kappa shape index (κ3) is 3.28. The summed E-state index contributed by atoms with van der Waals surface area (Å²) in [5, 5.41) is 12.6. The van der Waals surface area contributed by atoms with Crippen molar-refractivity contribution >= 4 is 16.9 Å². The standard InChI is InChI=1S/C21H29N3O4/c1-7-15(25)16-17(20(27)28-6)23(16)24-18(12(2)21(3,4)5)22-14-11-9-8-10-13(14)19(24)26/h8-12,15-17,25H,7H2,1-6H3/t12?,15-,16-,17+,23?/m0/s1. The second kappa shape index (κ2) is 7.20. The molecule has 0 amide bonds. The van der Waals surface area contributed by atoms with Crippen LogP contribution in [-0.2, 0) is 9.53 Å². The normalized spacial score (nSPS) is 21.5. The van der Waals surface area contributed by atoms with Crippen molar-refractivity contribution in [1.82, 2.24) is 9.66 Å². The molecule has 1 saturated heterocycles. The molecular weight excluding hydrogens is 358 g/mol. The summed E-state index contributed by atoms with van der Waals surface area (Å²) in [4.78, 5) is 30.5. The number of ether oxygens (including phenoxy) is 1. The van der Waals surface area contributed by atoms with Crippen molar-refractivity contribution < 1.29 is 14.6 Å². The lowest BCUT2D eigenvalue weighted by atomic mass is 9.81. The number of hydrogen-bond acceptors (Lipinski definition) is 6. The van der Waals surface area contributed by atoms with Crippen LogP contribution in [0.5, 0.6) is 0 Å². The smallest absolute Gasteiger partial charge is 0.332 e. The van der Waals surface area contributed by atoms with Crippen molar-refractivity contribution in [3.8, 4) is 0 Å². The van der Waals surface area contributed by atoms with Crippen LogP contribution >= 0.6 is 0 Å². The molecule has 0 saturated carbocycles. The Morgan fingerprint density at radius 2 is 1.96 bits per heavy atom. The second-order valence-corrected chi connectivity index (χ2v) is 8.51. The number of aliphatic hydroxyl groups excluding tert-OH is 1. The number of aromatic nitrogens is 2. The van der Waals surface area contributed by atoms with Crippen LogP contribution < -0.4 is 10.6 Å². The van der Waals surface area contributed by atoms with E-state index in [1.165, 1.54) is 11.8 Å². The SMILES string of the molecule is CC[C@H](O)[C@H]1[C@H](C(=O)OC)N1n1c(C(C)C(C)(C)C)nc2ccccc2c1=O. The van der Waals surface area contributed by atoms with Crippen LogP contribution in [0.4, 0.5) is 0 Å². The maximum absolute atomic E-state index is 13.4. The van der Waals surface area contributed by atoms with E-state index in [-0.39, 0.29) is 16.9 Å². The molecule has 4 atom stereocenters. The fraction of sp³-hybridized carbons (Fsp3) is 0.571. The topological polar surface area (TPSA) is 84.4 Å². The molecule has 0 radical (unpaired) electrons. The first-order valence-electron chi connectivity index (χ1n) is 9.69. The summed E-state index contributed by atoms with van der Waals surface area (Å²) in [5.41, 5.74) is 0.231. The molecule has 7 nitrogen and oxygen atoms in total. The number of fused-ring (bicyclic) bond motifs is 1.